The number of likely N-dealkylation sites (N-methyl/N-ethyl adjacent to an activating group) is 1. The molecule has 176 valence electrons. The van der Waals surface area contributed by atoms with Gasteiger partial charge in [0.15, 0.2) is 5.16 Å². The summed E-state index contributed by atoms with van der Waals surface area (Å²) in [5.74, 6) is 2.20. The molecule has 0 amide bonds. The van der Waals surface area contributed by atoms with Crippen LogP contribution in [0.15, 0.2) is 58.5 Å². The van der Waals surface area contributed by atoms with Crippen molar-refractivity contribution in [3.8, 4) is 17.2 Å². The minimum absolute atomic E-state index is 0.00570. The van der Waals surface area contributed by atoms with Crippen molar-refractivity contribution in [2.24, 2.45) is 0 Å². The van der Waals surface area contributed by atoms with Crippen LogP contribution in [0.4, 0.5) is 0 Å². The second kappa shape index (κ2) is 9.82. The molecule has 4 aromatic rings. The van der Waals surface area contributed by atoms with Crippen molar-refractivity contribution in [1.82, 2.24) is 14.5 Å². The molecule has 6 nitrogen and oxygen atoms in total. The van der Waals surface area contributed by atoms with E-state index in [9.17, 15) is 4.79 Å². The van der Waals surface area contributed by atoms with Crippen LogP contribution in [0.5, 0.6) is 11.5 Å². The zero-order valence-electron chi connectivity index (χ0n) is 19.5. The van der Waals surface area contributed by atoms with E-state index >= 15 is 0 Å². The Hall–Kier alpha value is -2.81. The predicted octanol–water partition coefficient (Wildman–Crippen LogP) is 5.13. The SMILES string of the molecule is CCN1CCc2c(sc3nc(SCc4cccc(OC)c4)n(-c4cccc(OC)c4)c(=O)c23)C1. The van der Waals surface area contributed by atoms with Gasteiger partial charge in [0.2, 0.25) is 0 Å². The van der Waals surface area contributed by atoms with Gasteiger partial charge in [-0.05, 0) is 48.4 Å². The summed E-state index contributed by atoms with van der Waals surface area (Å²) in [6.07, 6.45) is 0.883. The van der Waals surface area contributed by atoms with Crippen LogP contribution in [0.3, 0.4) is 0 Å². The fourth-order valence-corrected chi connectivity index (χ4v) is 6.59. The van der Waals surface area contributed by atoms with Gasteiger partial charge in [0.25, 0.3) is 5.56 Å². The summed E-state index contributed by atoms with van der Waals surface area (Å²) in [7, 11) is 3.30. The van der Waals surface area contributed by atoms with Crippen LogP contribution in [0, 0.1) is 0 Å². The zero-order chi connectivity index (χ0) is 23.7. The van der Waals surface area contributed by atoms with Crippen LogP contribution in [-0.4, -0.2) is 41.8 Å². The highest BCUT2D eigenvalue weighted by Gasteiger charge is 2.25. The number of thioether (sulfide) groups is 1. The number of fused-ring (bicyclic) bond motifs is 3. The third-order valence-electron chi connectivity index (χ3n) is 6.18. The number of rotatable bonds is 7. The summed E-state index contributed by atoms with van der Waals surface area (Å²) in [6, 6.07) is 15.6. The fraction of sp³-hybridized carbons (Fsp3) is 0.308. The third-order valence-corrected chi connectivity index (χ3v) is 8.30. The third kappa shape index (κ3) is 4.33. The van der Waals surface area contributed by atoms with Gasteiger partial charge in [-0.3, -0.25) is 14.3 Å². The first-order chi connectivity index (χ1) is 16.6. The van der Waals surface area contributed by atoms with Crippen molar-refractivity contribution in [2.45, 2.75) is 30.8 Å². The predicted molar refractivity (Wildman–Crippen MR) is 139 cm³/mol. The topological polar surface area (TPSA) is 56.6 Å². The Bertz CT molecular complexity index is 1400. The van der Waals surface area contributed by atoms with Crippen LogP contribution in [-0.2, 0) is 18.7 Å². The molecule has 0 N–H and O–H groups in total. The number of ether oxygens (including phenoxy) is 2. The highest BCUT2D eigenvalue weighted by Crippen LogP contribution is 2.35. The molecule has 3 heterocycles. The summed E-state index contributed by atoms with van der Waals surface area (Å²) in [4.78, 5) is 23.5. The van der Waals surface area contributed by atoms with Crippen LogP contribution in [0.25, 0.3) is 15.9 Å². The lowest BCUT2D eigenvalue weighted by atomic mass is 10.1. The molecule has 0 radical (unpaired) electrons. The lowest BCUT2D eigenvalue weighted by molar-refractivity contribution is 0.272. The molecule has 0 saturated heterocycles. The number of hydrogen-bond donors (Lipinski definition) is 0. The van der Waals surface area contributed by atoms with Crippen molar-refractivity contribution in [3.05, 3.63) is 74.9 Å². The largest absolute Gasteiger partial charge is 0.497 e. The molecule has 0 spiro atoms. The molecular weight excluding hydrogens is 466 g/mol. The maximum absolute atomic E-state index is 14.0. The minimum atomic E-state index is -0.00570. The Morgan fingerprint density at radius 1 is 1.09 bits per heavy atom. The highest BCUT2D eigenvalue weighted by atomic mass is 32.2. The highest BCUT2D eigenvalue weighted by molar-refractivity contribution is 7.98. The maximum Gasteiger partial charge on any atom is 0.267 e. The van der Waals surface area contributed by atoms with E-state index in [0.29, 0.717) is 16.7 Å². The van der Waals surface area contributed by atoms with Gasteiger partial charge in [-0.25, -0.2) is 4.98 Å². The molecule has 0 fully saturated rings. The number of thiophene rings is 1. The summed E-state index contributed by atoms with van der Waals surface area (Å²) in [5, 5.41) is 1.45. The van der Waals surface area contributed by atoms with Gasteiger partial charge in [-0.2, -0.15) is 0 Å². The van der Waals surface area contributed by atoms with Gasteiger partial charge in [-0.15, -0.1) is 11.3 Å². The Morgan fingerprint density at radius 3 is 2.62 bits per heavy atom. The monoisotopic (exact) mass is 493 g/mol. The average Bonchev–Trinajstić information content (AvgIpc) is 3.25. The van der Waals surface area contributed by atoms with Crippen LogP contribution >= 0.6 is 23.1 Å². The molecule has 8 heteroatoms. The lowest BCUT2D eigenvalue weighted by Gasteiger charge is -2.25. The summed E-state index contributed by atoms with van der Waals surface area (Å²) in [5.41, 5.74) is 3.04. The summed E-state index contributed by atoms with van der Waals surface area (Å²) < 4.78 is 12.6. The van der Waals surface area contributed by atoms with E-state index in [0.717, 1.165) is 53.3 Å². The first-order valence-corrected chi connectivity index (χ1v) is 13.1. The normalized spacial score (nSPS) is 13.7. The molecule has 1 aliphatic heterocycles. The standard InChI is InChI=1S/C26H27N3O3S2/c1-4-28-12-11-21-22(15-28)34-24-23(21)25(30)29(18-8-6-10-20(14-18)32-3)26(27-24)33-16-17-7-5-9-19(13-17)31-2/h5-10,13-14H,4,11-12,15-16H2,1-3H3. The Labute approximate surface area is 207 Å². The molecule has 0 aliphatic carbocycles. The van der Waals surface area contributed by atoms with Gasteiger partial charge >= 0.3 is 0 Å². The number of nitrogens with zero attached hydrogens (tertiary/aromatic N) is 3. The van der Waals surface area contributed by atoms with Gasteiger partial charge in [0, 0.05) is 29.8 Å². The number of benzene rings is 2. The molecule has 0 unspecified atom stereocenters. The minimum Gasteiger partial charge on any atom is -0.497 e. The maximum atomic E-state index is 14.0. The lowest BCUT2D eigenvalue weighted by Crippen LogP contribution is -2.30. The summed E-state index contributed by atoms with van der Waals surface area (Å²) in [6.45, 7) is 5.05. The first-order valence-electron chi connectivity index (χ1n) is 11.3. The molecule has 2 aromatic heterocycles. The van der Waals surface area contributed by atoms with Crippen molar-refractivity contribution < 1.29 is 9.47 Å². The molecule has 1 aliphatic rings. The van der Waals surface area contributed by atoms with Crippen molar-refractivity contribution >= 4 is 33.3 Å². The van der Waals surface area contributed by atoms with Gasteiger partial charge < -0.3 is 9.47 Å². The second-order valence-electron chi connectivity index (χ2n) is 8.18. The number of hydrogen-bond acceptors (Lipinski definition) is 7. The van der Waals surface area contributed by atoms with Crippen molar-refractivity contribution in [3.63, 3.8) is 0 Å². The summed E-state index contributed by atoms with van der Waals surface area (Å²) >= 11 is 3.22. The average molecular weight is 494 g/mol. The van der Waals surface area contributed by atoms with Crippen LogP contribution < -0.4 is 15.0 Å². The van der Waals surface area contributed by atoms with E-state index in [2.05, 4.69) is 17.9 Å². The quantitative estimate of drug-likeness (QED) is 0.263. The second-order valence-corrected chi connectivity index (χ2v) is 10.2. The molecule has 2 aromatic carbocycles. The number of aromatic nitrogens is 2. The van der Waals surface area contributed by atoms with E-state index < -0.39 is 0 Å². The van der Waals surface area contributed by atoms with Crippen molar-refractivity contribution in [2.75, 3.05) is 27.3 Å². The smallest absolute Gasteiger partial charge is 0.267 e. The van der Waals surface area contributed by atoms with E-state index in [-0.39, 0.29) is 5.56 Å². The van der Waals surface area contributed by atoms with E-state index in [1.54, 1.807) is 41.9 Å². The zero-order valence-corrected chi connectivity index (χ0v) is 21.2. The van der Waals surface area contributed by atoms with Gasteiger partial charge in [0.05, 0.1) is 25.3 Å². The number of methoxy groups -OCH3 is 2. The molecule has 0 atom stereocenters. The van der Waals surface area contributed by atoms with E-state index in [1.807, 2.05) is 42.5 Å². The molecule has 34 heavy (non-hydrogen) atoms. The van der Waals surface area contributed by atoms with Crippen molar-refractivity contribution in [1.29, 1.82) is 0 Å². The van der Waals surface area contributed by atoms with Gasteiger partial charge in [-0.1, -0.05) is 36.9 Å². The molecule has 0 saturated carbocycles. The van der Waals surface area contributed by atoms with Crippen LogP contribution in [0.2, 0.25) is 0 Å². The van der Waals surface area contributed by atoms with Crippen LogP contribution in [0.1, 0.15) is 22.9 Å². The Balaban J connectivity index is 1.63. The van der Waals surface area contributed by atoms with Gasteiger partial charge in [0.1, 0.15) is 16.3 Å². The molecular formula is C26H27N3O3S2. The first kappa shape index (κ1) is 23.0. The molecule has 0 bridgehead atoms. The molecule has 5 rings (SSSR count). The fourth-order valence-electron chi connectivity index (χ4n) is 4.33. The Kier molecular flexibility index (Phi) is 6.63. The van der Waals surface area contributed by atoms with E-state index in [1.165, 1.54) is 10.4 Å². The Morgan fingerprint density at radius 2 is 1.85 bits per heavy atom. The van der Waals surface area contributed by atoms with E-state index in [4.69, 9.17) is 14.5 Å².